The van der Waals surface area contributed by atoms with Gasteiger partial charge in [0.05, 0.1) is 0 Å². The predicted molar refractivity (Wildman–Crippen MR) is 86.3 cm³/mol. The van der Waals surface area contributed by atoms with E-state index in [0.717, 1.165) is 25.3 Å². The van der Waals surface area contributed by atoms with E-state index in [9.17, 15) is 4.39 Å². The first kappa shape index (κ1) is 13.9. The van der Waals surface area contributed by atoms with E-state index in [4.69, 9.17) is 0 Å². The summed E-state index contributed by atoms with van der Waals surface area (Å²) in [6.45, 7) is 3.16. The first-order valence-electron chi connectivity index (χ1n) is 7.61. The number of rotatable bonds is 4. The summed E-state index contributed by atoms with van der Waals surface area (Å²) in [4.78, 5) is 2.46. The minimum Gasteiger partial charge on any atom is -0.385 e. The maximum atomic E-state index is 12.9. The molecule has 1 saturated heterocycles. The van der Waals surface area contributed by atoms with Gasteiger partial charge in [0.2, 0.25) is 0 Å². The zero-order chi connectivity index (χ0) is 14.5. The van der Waals surface area contributed by atoms with Gasteiger partial charge in [0.15, 0.2) is 0 Å². The molecular weight excluding hydrogens is 263 g/mol. The van der Waals surface area contributed by atoms with Crippen LogP contribution >= 0.6 is 0 Å². The van der Waals surface area contributed by atoms with Crippen molar-refractivity contribution in [2.45, 2.75) is 12.8 Å². The maximum absolute atomic E-state index is 12.9. The molecule has 3 heteroatoms. The third-order valence-electron chi connectivity index (χ3n) is 4.08. The summed E-state index contributed by atoms with van der Waals surface area (Å²) in [7, 11) is 0. The monoisotopic (exact) mass is 284 g/mol. The van der Waals surface area contributed by atoms with E-state index in [1.165, 1.54) is 30.7 Å². The van der Waals surface area contributed by atoms with E-state index in [1.54, 1.807) is 12.1 Å². The number of nitrogens with zero attached hydrogens (tertiary/aromatic N) is 1. The number of nitrogens with one attached hydrogen (secondary N) is 1. The lowest BCUT2D eigenvalue weighted by atomic mass is 9.97. The maximum Gasteiger partial charge on any atom is 0.123 e. The minimum absolute atomic E-state index is 0.187. The Bertz CT molecular complexity index is 553. The molecule has 0 radical (unpaired) electrons. The average molecular weight is 284 g/mol. The summed E-state index contributed by atoms with van der Waals surface area (Å²) in [6.07, 6.45) is 2.47. The van der Waals surface area contributed by atoms with Crippen molar-refractivity contribution in [1.29, 1.82) is 0 Å². The van der Waals surface area contributed by atoms with Crippen molar-refractivity contribution in [2.24, 2.45) is 5.92 Å². The second kappa shape index (κ2) is 6.61. The third kappa shape index (κ3) is 3.75. The van der Waals surface area contributed by atoms with Crippen molar-refractivity contribution in [3.8, 4) is 0 Å². The van der Waals surface area contributed by atoms with Crippen LogP contribution in [0.2, 0.25) is 0 Å². The molecule has 0 saturated carbocycles. The number of piperidine rings is 1. The van der Waals surface area contributed by atoms with Gasteiger partial charge in [-0.25, -0.2) is 4.39 Å². The van der Waals surface area contributed by atoms with E-state index in [-0.39, 0.29) is 5.82 Å². The lowest BCUT2D eigenvalue weighted by Gasteiger charge is -2.34. The van der Waals surface area contributed by atoms with Gasteiger partial charge in [-0.1, -0.05) is 18.2 Å². The smallest absolute Gasteiger partial charge is 0.123 e. The number of para-hydroxylation sites is 1. The van der Waals surface area contributed by atoms with Crippen LogP contribution in [0.15, 0.2) is 54.6 Å². The van der Waals surface area contributed by atoms with Gasteiger partial charge in [-0.2, -0.15) is 0 Å². The fourth-order valence-electron chi connectivity index (χ4n) is 2.93. The van der Waals surface area contributed by atoms with Gasteiger partial charge in [-0.15, -0.1) is 0 Å². The number of hydrogen-bond donors (Lipinski definition) is 1. The molecular formula is C18H21FN2. The highest BCUT2D eigenvalue weighted by Crippen LogP contribution is 2.23. The zero-order valence-electron chi connectivity index (χ0n) is 12.1. The average Bonchev–Trinajstić information content (AvgIpc) is 2.55. The number of benzene rings is 2. The summed E-state index contributed by atoms with van der Waals surface area (Å²) in [5, 5.41) is 3.42. The first-order valence-corrected chi connectivity index (χ1v) is 7.61. The largest absolute Gasteiger partial charge is 0.385 e. The van der Waals surface area contributed by atoms with Crippen LogP contribution in [0.1, 0.15) is 12.8 Å². The Hall–Kier alpha value is -2.03. The molecule has 0 bridgehead atoms. The molecule has 1 N–H and O–H groups in total. The summed E-state index contributed by atoms with van der Waals surface area (Å²) in [5.74, 6) is 0.442. The third-order valence-corrected chi connectivity index (χ3v) is 4.08. The van der Waals surface area contributed by atoms with E-state index >= 15 is 0 Å². The van der Waals surface area contributed by atoms with Gasteiger partial charge < -0.3 is 10.2 Å². The standard InChI is InChI=1S/C18H21FN2/c19-16-8-10-17(11-9-16)20-13-15-5-4-12-21(14-15)18-6-2-1-3-7-18/h1-3,6-11,15,20H,4-5,12-14H2. The lowest BCUT2D eigenvalue weighted by molar-refractivity contribution is 0.432. The molecule has 0 aliphatic carbocycles. The fourth-order valence-corrected chi connectivity index (χ4v) is 2.93. The Labute approximate surface area is 125 Å². The molecule has 2 aromatic rings. The first-order chi connectivity index (χ1) is 10.3. The predicted octanol–water partition coefficient (Wildman–Crippen LogP) is 4.15. The van der Waals surface area contributed by atoms with Gasteiger partial charge in [-0.05, 0) is 55.2 Å². The Morgan fingerprint density at radius 2 is 1.81 bits per heavy atom. The summed E-state index contributed by atoms with van der Waals surface area (Å²) < 4.78 is 12.9. The van der Waals surface area contributed by atoms with E-state index < -0.39 is 0 Å². The Balaban J connectivity index is 1.55. The molecule has 1 unspecified atom stereocenters. The molecule has 0 spiro atoms. The van der Waals surface area contributed by atoms with Crippen LogP contribution in [0.25, 0.3) is 0 Å². The highest BCUT2D eigenvalue weighted by Gasteiger charge is 2.19. The molecule has 1 aliphatic heterocycles. The topological polar surface area (TPSA) is 15.3 Å². The number of hydrogen-bond acceptors (Lipinski definition) is 2. The van der Waals surface area contributed by atoms with Crippen LogP contribution < -0.4 is 10.2 Å². The molecule has 110 valence electrons. The molecule has 2 aromatic carbocycles. The molecule has 0 amide bonds. The normalized spacial score (nSPS) is 18.5. The van der Waals surface area contributed by atoms with Crippen LogP contribution in [0.4, 0.5) is 15.8 Å². The Kier molecular flexibility index (Phi) is 4.39. The zero-order valence-corrected chi connectivity index (χ0v) is 12.1. The van der Waals surface area contributed by atoms with E-state index in [1.807, 2.05) is 0 Å². The molecule has 21 heavy (non-hydrogen) atoms. The van der Waals surface area contributed by atoms with Crippen molar-refractivity contribution in [2.75, 3.05) is 29.9 Å². The lowest BCUT2D eigenvalue weighted by Crippen LogP contribution is -2.38. The highest BCUT2D eigenvalue weighted by molar-refractivity contribution is 5.47. The highest BCUT2D eigenvalue weighted by atomic mass is 19.1. The fraction of sp³-hybridized carbons (Fsp3) is 0.333. The van der Waals surface area contributed by atoms with Crippen LogP contribution in [0.3, 0.4) is 0 Å². The van der Waals surface area contributed by atoms with Crippen molar-refractivity contribution >= 4 is 11.4 Å². The van der Waals surface area contributed by atoms with Crippen LogP contribution in [-0.4, -0.2) is 19.6 Å². The van der Waals surface area contributed by atoms with Crippen molar-refractivity contribution < 1.29 is 4.39 Å². The number of halogens is 1. The van der Waals surface area contributed by atoms with Crippen molar-refractivity contribution in [3.05, 3.63) is 60.4 Å². The summed E-state index contributed by atoms with van der Waals surface area (Å²) >= 11 is 0. The molecule has 3 rings (SSSR count). The quantitative estimate of drug-likeness (QED) is 0.907. The Morgan fingerprint density at radius 3 is 2.57 bits per heavy atom. The van der Waals surface area contributed by atoms with Crippen LogP contribution in [0.5, 0.6) is 0 Å². The molecule has 1 fully saturated rings. The summed E-state index contributed by atoms with van der Waals surface area (Å²) in [6, 6.07) is 17.2. The molecule has 1 heterocycles. The SMILES string of the molecule is Fc1ccc(NCC2CCCN(c3ccccc3)C2)cc1. The second-order valence-corrected chi connectivity index (χ2v) is 5.68. The minimum atomic E-state index is -0.187. The summed E-state index contributed by atoms with van der Waals surface area (Å²) in [5.41, 5.74) is 2.30. The van der Waals surface area contributed by atoms with Crippen LogP contribution in [-0.2, 0) is 0 Å². The molecule has 2 nitrogen and oxygen atoms in total. The van der Waals surface area contributed by atoms with Crippen molar-refractivity contribution in [3.63, 3.8) is 0 Å². The second-order valence-electron chi connectivity index (χ2n) is 5.68. The van der Waals surface area contributed by atoms with E-state index in [2.05, 4.69) is 40.5 Å². The number of anilines is 2. The molecule has 1 atom stereocenters. The van der Waals surface area contributed by atoms with Crippen molar-refractivity contribution in [1.82, 2.24) is 0 Å². The molecule has 1 aliphatic rings. The van der Waals surface area contributed by atoms with Gasteiger partial charge in [0.1, 0.15) is 5.82 Å². The van der Waals surface area contributed by atoms with E-state index in [0.29, 0.717) is 5.92 Å². The van der Waals surface area contributed by atoms with Gasteiger partial charge >= 0.3 is 0 Å². The Morgan fingerprint density at radius 1 is 1.05 bits per heavy atom. The van der Waals surface area contributed by atoms with Gasteiger partial charge in [0, 0.05) is 31.0 Å². The van der Waals surface area contributed by atoms with Gasteiger partial charge in [-0.3, -0.25) is 0 Å². The molecule has 0 aromatic heterocycles. The van der Waals surface area contributed by atoms with Crippen LogP contribution in [0, 0.1) is 11.7 Å². The van der Waals surface area contributed by atoms with Gasteiger partial charge in [0.25, 0.3) is 0 Å².